The van der Waals surface area contributed by atoms with Crippen LogP contribution in [0, 0.1) is 0 Å². The normalized spacial score (nSPS) is 10.5. The number of carbonyl (C=O) groups is 2. The molecule has 0 aliphatic carbocycles. The fourth-order valence-corrected chi connectivity index (χ4v) is 1.72. The Morgan fingerprint density at radius 1 is 1.33 bits per heavy atom. The zero-order valence-electron chi connectivity index (χ0n) is 9.99. The number of aromatic amines is 1. The molecule has 2 aromatic rings. The van der Waals surface area contributed by atoms with Gasteiger partial charge in [-0.3, -0.25) is 4.79 Å². The first-order valence-corrected chi connectivity index (χ1v) is 5.76. The number of fused-ring (bicyclic) bond motifs is 1. The van der Waals surface area contributed by atoms with E-state index in [1.807, 2.05) is 6.92 Å². The van der Waals surface area contributed by atoms with Crippen LogP contribution < -0.4 is 5.32 Å². The second kappa shape index (κ2) is 4.91. The van der Waals surface area contributed by atoms with E-state index in [2.05, 4.69) is 10.3 Å². The number of H-pyrrole nitrogens is 1. The Labute approximate surface area is 104 Å². The Morgan fingerprint density at radius 3 is 2.78 bits per heavy atom. The van der Waals surface area contributed by atoms with Crippen LogP contribution >= 0.6 is 0 Å². The molecule has 0 atom stereocenters. The molecule has 5 nitrogen and oxygen atoms in total. The van der Waals surface area contributed by atoms with Crippen LogP contribution in [0.15, 0.2) is 24.3 Å². The first kappa shape index (κ1) is 12.2. The van der Waals surface area contributed by atoms with Crippen LogP contribution in [0.2, 0.25) is 0 Å². The SMILES string of the molecule is CCCNC(=O)c1cc2cc(C(=O)O)ccc2[nH]1. The number of hydrogen-bond acceptors (Lipinski definition) is 2. The molecular formula is C13H14N2O3. The summed E-state index contributed by atoms with van der Waals surface area (Å²) < 4.78 is 0. The van der Waals surface area contributed by atoms with E-state index >= 15 is 0 Å². The van der Waals surface area contributed by atoms with Gasteiger partial charge in [-0.2, -0.15) is 0 Å². The lowest BCUT2D eigenvalue weighted by Gasteiger charge is -1.99. The van der Waals surface area contributed by atoms with E-state index < -0.39 is 5.97 Å². The molecule has 0 fully saturated rings. The summed E-state index contributed by atoms with van der Waals surface area (Å²) in [7, 11) is 0. The average Bonchev–Trinajstić information content (AvgIpc) is 2.78. The van der Waals surface area contributed by atoms with E-state index in [9.17, 15) is 9.59 Å². The highest BCUT2D eigenvalue weighted by atomic mass is 16.4. The summed E-state index contributed by atoms with van der Waals surface area (Å²) in [4.78, 5) is 25.5. The summed E-state index contributed by atoms with van der Waals surface area (Å²) in [5.74, 6) is -1.15. The molecule has 5 heteroatoms. The lowest BCUT2D eigenvalue weighted by atomic mass is 10.1. The van der Waals surface area contributed by atoms with Gasteiger partial charge in [0.1, 0.15) is 5.69 Å². The molecule has 1 heterocycles. The van der Waals surface area contributed by atoms with E-state index in [-0.39, 0.29) is 11.5 Å². The van der Waals surface area contributed by atoms with Crippen molar-refractivity contribution in [2.75, 3.05) is 6.54 Å². The van der Waals surface area contributed by atoms with Gasteiger partial charge in [0.05, 0.1) is 5.56 Å². The van der Waals surface area contributed by atoms with Gasteiger partial charge in [-0.15, -0.1) is 0 Å². The summed E-state index contributed by atoms with van der Waals surface area (Å²) in [6, 6.07) is 6.38. The average molecular weight is 246 g/mol. The van der Waals surface area contributed by atoms with Gasteiger partial charge in [0.15, 0.2) is 0 Å². The number of nitrogens with one attached hydrogen (secondary N) is 2. The maximum Gasteiger partial charge on any atom is 0.335 e. The zero-order chi connectivity index (χ0) is 13.1. The Morgan fingerprint density at radius 2 is 2.11 bits per heavy atom. The van der Waals surface area contributed by atoms with Crippen LogP contribution in [0.1, 0.15) is 34.2 Å². The highest BCUT2D eigenvalue weighted by Crippen LogP contribution is 2.17. The number of benzene rings is 1. The molecule has 0 saturated carbocycles. The topological polar surface area (TPSA) is 82.2 Å². The zero-order valence-corrected chi connectivity index (χ0v) is 9.99. The molecule has 0 spiro atoms. The van der Waals surface area contributed by atoms with Crippen molar-refractivity contribution in [1.82, 2.24) is 10.3 Å². The van der Waals surface area contributed by atoms with E-state index in [0.717, 1.165) is 17.3 Å². The second-order valence-corrected chi connectivity index (χ2v) is 4.05. The number of amides is 1. The molecule has 0 aliphatic rings. The van der Waals surface area contributed by atoms with Crippen LogP contribution in [-0.4, -0.2) is 28.5 Å². The molecule has 18 heavy (non-hydrogen) atoms. The van der Waals surface area contributed by atoms with Gasteiger partial charge in [0.2, 0.25) is 0 Å². The molecule has 0 bridgehead atoms. The minimum atomic E-state index is -0.977. The predicted octanol–water partition coefficient (Wildman–Crippen LogP) is 2.01. The molecule has 3 N–H and O–H groups in total. The van der Waals surface area contributed by atoms with Crippen molar-refractivity contribution in [3.8, 4) is 0 Å². The Balaban J connectivity index is 2.32. The summed E-state index contributed by atoms with van der Waals surface area (Å²) in [5.41, 5.74) is 1.41. The van der Waals surface area contributed by atoms with Crippen molar-refractivity contribution >= 4 is 22.8 Å². The lowest BCUT2D eigenvalue weighted by molar-refractivity contribution is 0.0696. The number of carboxylic acid groups (broad SMARTS) is 1. The quantitative estimate of drug-likeness (QED) is 0.771. The van der Waals surface area contributed by atoms with Gasteiger partial charge in [-0.05, 0) is 30.7 Å². The largest absolute Gasteiger partial charge is 0.478 e. The lowest BCUT2D eigenvalue weighted by Crippen LogP contribution is -2.24. The van der Waals surface area contributed by atoms with Crippen molar-refractivity contribution in [2.45, 2.75) is 13.3 Å². The third kappa shape index (κ3) is 2.34. The van der Waals surface area contributed by atoms with Crippen LogP contribution in [0.5, 0.6) is 0 Å². The first-order valence-electron chi connectivity index (χ1n) is 5.76. The van der Waals surface area contributed by atoms with Gasteiger partial charge in [0.25, 0.3) is 5.91 Å². The van der Waals surface area contributed by atoms with E-state index in [0.29, 0.717) is 12.2 Å². The van der Waals surface area contributed by atoms with Crippen molar-refractivity contribution in [2.24, 2.45) is 0 Å². The molecule has 0 aliphatic heterocycles. The van der Waals surface area contributed by atoms with Crippen molar-refractivity contribution in [3.63, 3.8) is 0 Å². The number of carboxylic acids is 1. The minimum Gasteiger partial charge on any atom is -0.478 e. The molecule has 1 amide bonds. The fourth-order valence-electron chi connectivity index (χ4n) is 1.72. The van der Waals surface area contributed by atoms with Crippen molar-refractivity contribution in [3.05, 3.63) is 35.5 Å². The van der Waals surface area contributed by atoms with Gasteiger partial charge in [-0.25, -0.2) is 4.79 Å². The summed E-state index contributed by atoms with van der Waals surface area (Å²) in [6.07, 6.45) is 0.870. The maximum absolute atomic E-state index is 11.7. The van der Waals surface area contributed by atoms with Crippen molar-refractivity contribution in [1.29, 1.82) is 0 Å². The predicted molar refractivity (Wildman–Crippen MR) is 67.9 cm³/mol. The molecule has 1 aromatic carbocycles. The van der Waals surface area contributed by atoms with Gasteiger partial charge in [-0.1, -0.05) is 6.92 Å². The van der Waals surface area contributed by atoms with E-state index in [1.54, 1.807) is 18.2 Å². The van der Waals surface area contributed by atoms with Crippen molar-refractivity contribution < 1.29 is 14.7 Å². The van der Waals surface area contributed by atoms with Gasteiger partial charge in [0, 0.05) is 17.4 Å². The Hall–Kier alpha value is -2.30. The van der Waals surface area contributed by atoms with E-state index in [4.69, 9.17) is 5.11 Å². The number of rotatable bonds is 4. The molecule has 0 unspecified atom stereocenters. The summed E-state index contributed by atoms with van der Waals surface area (Å²) in [5, 5.41) is 12.4. The minimum absolute atomic E-state index is 0.176. The standard InChI is InChI=1S/C13H14N2O3/c1-2-5-14-12(16)11-7-9-6-8(13(17)18)3-4-10(9)15-11/h3-4,6-7,15H,2,5H2,1H3,(H,14,16)(H,17,18). The highest BCUT2D eigenvalue weighted by molar-refractivity contribution is 6.00. The summed E-state index contributed by atoms with van der Waals surface area (Å²) >= 11 is 0. The summed E-state index contributed by atoms with van der Waals surface area (Å²) in [6.45, 7) is 2.60. The molecular weight excluding hydrogens is 232 g/mol. The third-order valence-electron chi connectivity index (χ3n) is 2.65. The molecule has 94 valence electrons. The third-order valence-corrected chi connectivity index (χ3v) is 2.65. The maximum atomic E-state index is 11.7. The monoisotopic (exact) mass is 246 g/mol. The molecule has 1 aromatic heterocycles. The van der Waals surface area contributed by atoms with Crippen LogP contribution in [0.25, 0.3) is 10.9 Å². The molecule has 0 radical (unpaired) electrons. The first-order chi connectivity index (χ1) is 8.61. The van der Waals surface area contributed by atoms with Crippen LogP contribution in [-0.2, 0) is 0 Å². The van der Waals surface area contributed by atoms with Gasteiger partial charge < -0.3 is 15.4 Å². The number of carbonyl (C=O) groups excluding carboxylic acids is 1. The second-order valence-electron chi connectivity index (χ2n) is 4.05. The van der Waals surface area contributed by atoms with Gasteiger partial charge >= 0.3 is 5.97 Å². The fraction of sp³-hybridized carbons (Fsp3) is 0.231. The number of hydrogen-bond donors (Lipinski definition) is 3. The molecule has 2 rings (SSSR count). The Kier molecular flexibility index (Phi) is 3.32. The molecule has 0 saturated heterocycles. The van der Waals surface area contributed by atoms with Crippen LogP contribution in [0.4, 0.5) is 0 Å². The highest BCUT2D eigenvalue weighted by Gasteiger charge is 2.10. The smallest absolute Gasteiger partial charge is 0.335 e. The van der Waals surface area contributed by atoms with E-state index in [1.165, 1.54) is 6.07 Å². The van der Waals surface area contributed by atoms with Crippen LogP contribution in [0.3, 0.4) is 0 Å². The Bertz CT molecular complexity index is 601. The number of aromatic nitrogens is 1. The number of aromatic carboxylic acids is 1.